The average molecular weight is 414 g/mol. The molecular formula is C17H22FN3O6P+. The molecule has 2 aliphatic rings. The van der Waals surface area contributed by atoms with E-state index in [9.17, 15) is 18.9 Å². The van der Waals surface area contributed by atoms with E-state index < -0.39 is 49.8 Å². The van der Waals surface area contributed by atoms with Gasteiger partial charge in [0.2, 0.25) is 6.23 Å². The maximum atomic E-state index is 13.5. The number of alkyl halides is 1. The number of carbonyl (C=O) groups is 1. The number of amides is 2. The van der Waals surface area contributed by atoms with Crippen LogP contribution in [0.15, 0.2) is 47.6 Å². The van der Waals surface area contributed by atoms with Crippen molar-refractivity contribution in [2.75, 3.05) is 20.3 Å². The molecule has 2 heterocycles. The van der Waals surface area contributed by atoms with E-state index in [1.807, 2.05) is 0 Å². The molecule has 3 rings (SSSR count). The second-order valence-corrected chi connectivity index (χ2v) is 7.63. The number of nitrogens with two attached hydrogens (primary N) is 1. The van der Waals surface area contributed by atoms with E-state index in [1.165, 1.54) is 19.3 Å². The Kier molecular flexibility index (Phi) is 6.26. The summed E-state index contributed by atoms with van der Waals surface area (Å²) in [6.07, 6.45) is -0.481. The number of hydrogen-bond acceptors (Lipinski definition) is 7. The van der Waals surface area contributed by atoms with E-state index in [2.05, 4.69) is 4.99 Å². The van der Waals surface area contributed by atoms with Gasteiger partial charge in [0.05, 0.1) is 32.4 Å². The molecule has 2 amide bonds. The first-order valence-corrected chi connectivity index (χ1v) is 9.80. The highest BCUT2D eigenvalue weighted by Gasteiger charge is 2.56. The lowest BCUT2D eigenvalue weighted by molar-refractivity contribution is -0.835. The van der Waals surface area contributed by atoms with Crippen LogP contribution in [0.25, 0.3) is 0 Å². The van der Waals surface area contributed by atoms with Crippen LogP contribution in [-0.2, 0) is 13.8 Å². The van der Waals surface area contributed by atoms with E-state index in [0.717, 1.165) is 0 Å². The normalized spacial score (nSPS) is 33.5. The Labute approximate surface area is 161 Å². The van der Waals surface area contributed by atoms with Crippen LogP contribution >= 0.6 is 8.25 Å². The number of carbonyl (C=O) groups excluding carboxylic acids is 1. The van der Waals surface area contributed by atoms with Crippen LogP contribution in [-0.4, -0.2) is 60.2 Å². The molecule has 3 N–H and O–H groups in total. The SMILES string of the molecule is C[N+]1([C@@H]2O[C@H](CO[PH](=O)Oc3ccccc3)[C@@H](CF)[C@H]2O)C=CC(N)=NC1=O. The number of quaternary nitrogens is 1. The van der Waals surface area contributed by atoms with Gasteiger partial charge in [-0.25, -0.2) is 9.36 Å². The third-order valence-corrected chi connectivity index (χ3v) is 5.54. The molecule has 28 heavy (non-hydrogen) atoms. The van der Waals surface area contributed by atoms with Gasteiger partial charge in [0, 0.05) is 6.08 Å². The van der Waals surface area contributed by atoms with Gasteiger partial charge < -0.3 is 20.1 Å². The first-order chi connectivity index (χ1) is 13.3. The molecule has 0 radical (unpaired) electrons. The molecule has 0 aliphatic carbocycles. The van der Waals surface area contributed by atoms with Crippen molar-refractivity contribution in [2.45, 2.75) is 18.4 Å². The lowest BCUT2D eigenvalue weighted by Crippen LogP contribution is -2.57. The molecule has 0 bridgehead atoms. The second kappa shape index (κ2) is 8.50. The highest BCUT2D eigenvalue weighted by atomic mass is 31.1. The predicted octanol–water partition coefficient (Wildman–Crippen LogP) is 1.59. The Bertz CT molecular complexity index is 807. The van der Waals surface area contributed by atoms with Crippen molar-refractivity contribution in [3.05, 3.63) is 42.6 Å². The number of para-hydroxylation sites is 1. The molecule has 11 heteroatoms. The number of rotatable bonds is 7. The van der Waals surface area contributed by atoms with Crippen molar-refractivity contribution in [3.8, 4) is 5.75 Å². The van der Waals surface area contributed by atoms with Gasteiger partial charge in [-0.05, 0) is 12.1 Å². The molecule has 2 aliphatic heterocycles. The molecule has 0 spiro atoms. The lowest BCUT2D eigenvalue weighted by atomic mass is 9.99. The summed E-state index contributed by atoms with van der Waals surface area (Å²) in [6, 6.07) is 7.80. The standard InChI is InChI=1S/C17H21FN3O6P/c1-21(8-7-14(19)20-17(21)23)16-15(22)12(9-18)13(26-16)10-25-28(24)27-11-5-3-2-4-6-11/h2-8,12-13,15-16,22,28H,9-10H2,1H3,(H-,19,20,23)/p+1/t12-,13-,15-,16-,21?/m1/s1. The molecule has 0 saturated carbocycles. The number of benzene rings is 1. The summed E-state index contributed by atoms with van der Waals surface area (Å²) in [5, 5.41) is 10.5. The van der Waals surface area contributed by atoms with Crippen LogP contribution in [0.3, 0.4) is 0 Å². The van der Waals surface area contributed by atoms with Gasteiger partial charge in [0.25, 0.3) is 0 Å². The van der Waals surface area contributed by atoms with Crippen molar-refractivity contribution < 1.29 is 37.1 Å². The summed E-state index contributed by atoms with van der Waals surface area (Å²) < 4.78 is 41.1. The summed E-state index contributed by atoms with van der Waals surface area (Å²) in [5.74, 6) is -0.557. The summed E-state index contributed by atoms with van der Waals surface area (Å²) in [6.45, 7) is -1.18. The molecule has 1 aromatic carbocycles. The fraction of sp³-hybridized carbons (Fsp3) is 0.412. The summed E-state index contributed by atoms with van der Waals surface area (Å²) in [7, 11) is -1.44. The zero-order chi connectivity index (χ0) is 20.3. The van der Waals surface area contributed by atoms with Crippen molar-refractivity contribution in [1.82, 2.24) is 0 Å². The monoisotopic (exact) mass is 414 g/mol. The van der Waals surface area contributed by atoms with Crippen LogP contribution < -0.4 is 10.3 Å². The molecular weight excluding hydrogens is 392 g/mol. The molecule has 6 atom stereocenters. The fourth-order valence-electron chi connectivity index (χ4n) is 3.10. The molecule has 1 saturated heterocycles. The number of aliphatic imine (C=N–C) groups is 1. The molecule has 9 nitrogen and oxygen atoms in total. The number of ether oxygens (including phenoxy) is 1. The largest absolute Gasteiger partial charge is 0.451 e. The number of likely N-dealkylation sites (N-methyl/N-ethyl adjacent to an activating group) is 1. The average Bonchev–Trinajstić information content (AvgIpc) is 3.00. The molecule has 0 aromatic heterocycles. The number of nitrogens with zero attached hydrogens (tertiary/aromatic N) is 2. The molecule has 1 aromatic rings. The van der Waals surface area contributed by atoms with Crippen LogP contribution in [0.2, 0.25) is 0 Å². The maximum absolute atomic E-state index is 13.5. The van der Waals surface area contributed by atoms with E-state index in [1.54, 1.807) is 30.3 Å². The topological polar surface area (TPSA) is 120 Å². The number of hydrogen-bond donors (Lipinski definition) is 2. The molecule has 2 unspecified atom stereocenters. The Morgan fingerprint density at radius 3 is 2.75 bits per heavy atom. The fourth-order valence-corrected chi connectivity index (χ4v) is 3.79. The Morgan fingerprint density at radius 1 is 1.39 bits per heavy atom. The Balaban J connectivity index is 1.65. The third-order valence-electron chi connectivity index (χ3n) is 4.73. The Hall–Kier alpha value is -2.10. The first-order valence-electron chi connectivity index (χ1n) is 8.58. The summed E-state index contributed by atoms with van der Waals surface area (Å²) in [4.78, 5) is 16.0. The molecule has 152 valence electrons. The van der Waals surface area contributed by atoms with Crippen molar-refractivity contribution >= 4 is 20.1 Å². The van der Waals surface area contributed by atoms with Gasteiger partial charge in [-0.15, -0.1) is 4.99 Å². The second-order valence-electron chi connectivity index (χ2n) is 6.63. The third kappa shape index (κ3) is 4.16. The van der Waals surface area contributed by atoms with E-state index in [4.69, 9.17) is 19.5 Å². The van der Waals surface area contributed by atoms with Crippen LogP contribution in [0.1, 0.15) is 0 Å². The van der Waals surface area contributed by atoms with Crippen LogP contribution in [0.5, 0.6) is 5.75 Å². The molecule has 1 fully saturated rings. The van der Waals surface area contributed by atoms with Gasteiger partial charge >= 0.3 is 14.3 Å². The Morgan fingerprint density at radius 2 is 2.11 bits per heavy atom. The van der Waals surface area contributed by atoms with E-state index >= 15 is 0 Å². The highest BCUT2D eigenvalue weighted by molar-refractivity contribution is 7.33. The van der Waals surface area contributed by atoms with Gasteiger partial charge in [-0.3, -0.25) is 8.91 Å². The lowest BCUT2D eigenvalue weighted by Gasteiger charge is -2.33. The number of aliphatic hydroxyl groups excluding tert-OH is 1. The number of amidine groups is 1. The first kappa shape index (κ1) is 20.6. The van der Waals surface area contributed by atoms with Crippen molar-refractivity contribution in [1.29, 1.82) is 0 Å². The van der Waals surface area contributed by atoms with Crippen LogP contribution in [0, 0.1) is 5.92 Å². The zero-order valence-electron chi connectivity index (χ0n) is 15.1. The smallest absolute Gasteiger partial charge is 0.426 e. The van der Waals surface area contributed by atoms with E-state index in [-0.39, 0.29) is 12.4 Å². The van der Waals surface area contributed by atoms with Crippen LogP contribution in [0.4, 0.5) is 9.18 Å². The van der Waals surface area contributed by atoms with Gasteiger partial charge in [-0.2, -0.15) is 4.48 Å². The predicted molar refractivity (Wildman–Crippen MR) is 98.5 cm³/mol. The van der Waals surface area contributed by atoms with E-state index in [0.29, 0.717) is 5.75 Å². The van der Waals surface area contributed by atoms with Crippen molar-refractivity contribution in [3.63, 3.8) is 0 Å². The summed E-state index contributed by atoms with van der Waals surface area (Å²) >= 11 is 0. The van der Waals surface area contributed by atoms with Gasteiger partial charge in [0.1, 0.15) is 23.9 Å². The number of urea groups is 1. The number of aliphatic hydroxyl groups is 1. The minimum atomic E-state index is -2.91. The quantitative estimate of drug-likeness (QED) is 0.514. The highest BCUT2D eigenvalue weighted by Crippen LogP contribution is 2.37. The van der Waals surface area contributed by atoms with Crippen molar-refractivity contribution in [2.24, 2.45) is 16.6 Å². The minimum Gasteiger partial charge on any atom is -0.426 e. The van der Waals surface area contributed by atoms with Gasteiger partial charge in [-0.1, -0.05) is 18.2 Å². The number of halogens is 1. The summed E-state index contributed by atoms with van der Waals surface area (Å²) in [5.41, 5.74) is 5.51. The van der Waals surface area contributed by atoms with Gasteiger partial charge in [0.15, 0.2) is 0 Å². The minimum absolute atomic E-state index is 0.0340. The zero-order valence-corrected chi connectivity index (χ0v) is 16.1. The maximum Gasteiger partial charge on any atom is 0.451 e.